The molecule has 0 saturated carbocycles. The Morgan fingerprint density at radius 1 is 1.00 bits per heavy atom. The maximum Gasteiger partial charge on any atom is 0.211 e. The largest absolute Gasteiger partial charge is 0.287 e. The van der Waals surface area contributed by atoms with Crippen molar-refractivity contribution < 1.29 is 4.79 Å². The molecular weight excluding hydrogens is 210 g/mol. The fourth-order valence-electron chi connectivity index (χ4n) is 1.79. The van der Waals surface area contributed by atoms with Gasteiger partial charge in [-0.15, -0.1) is 0 Å². The van der Waals surface area contributed by atoms with Crippen molar-refractivity contribution in [3.8, 4) is 0 Å². The molecule has 2 rings (SSSR count). The van der Waals surface area contributed by atoms with E-state index in [0.29, 0.717) is 11.3 Å². The summed E-state index contributed by atoms with van der Waals surface area (Å²) in [7, 11) is 0. The summed E-state index contributed by atoms with van der Waals surface area (Å²) < 4.78 is 0. The fraction of sp³-hybridized carbons (Fsp3) is 0.200. The Bertz CT molecular complexity index is 556. The molecule has 0 bridgehead atoms. The molecule has 0 aliphatic heterocycles. The molecule has 0 N–H and O–H groups in total. The summed E-state index contributed by atoms with van der Waals surface area (Å²) in [5.41, 5.74) is 4.38. The van der Waals surface area contributed by atoms with Crippen molar-refractivity contribution in [1.29, 1.82) is 0 Å². The lowest BCUT2D eigenvalue weighted by Crippen LogP contribution is -2.06. The van der Waals surface area contributed by atoms with Crippen LogP contribution in [0.4, 0.5) is 0 Å². The van der Waals surface area contributed by atoms with E-state index < -0.39 is 0 Å². The summed E-state index contributed by atoms with van der Waals surface area (Å²) in [5, 5.41) is 0. The van der Waals surface area contributed by atoms with Gasteiger partial charge in [0.15, 0.2) is 0 Å². The summed E-state index contributed by atoms with van der Waals surface area (Å²) in [6, 6.07) is 9.55. The van der Waals surface area contributed by atoms with E-state index in [0.717, 1.165) is 16.7 Å². The Morgan fingerprint density at radius 2 is 1.65 bits per heavy atom. The van der Waals surface area contributed by atoms with Crippen LogP contribution in [0, 0.1) is 20.8 Å². The van der Waals surface area contributed by atoms with Crippen LogP contribution in [0.2, 0.25) is 0 Å². The van der Waals surface area contributed by atoms with Crippen molar-refractivity contribution in [3.05, 3.63) is 64.5 Å². The van der Waals surface area contributed by atoms with E-state index in [1.54, 1.807) is 6.20 Å². The number of carbonyl (C=O) groups is 1. The number of benzene rings is 1. The van der Waals surface area contributed by atoms with Crippen molar-refractivity contribution in [2.45, 2.75) is 20.8 Å². The Kier molecular flexibility index (Phi) is 3.05. The van der Waals surface area contributed by atoms with E-state index in [9.17, 15) is 4.79 Å². The first kappa shape index (κ1) is 11.5. The van der Waals surface area contributed by atoms with Crippen molar-refractivity contribution in [2.24, 2.45) is 0 Å². The van der Waals surface area contributed by atoms with Crippen molar-refractivity contribution in [1.82, 2.24) is 4.98 Å². The zero-order chi connectivity index (χ0) is 12.4. The lowest BCUT2D eigenvalue weighted by atomic mass is 10.0. The monoisotopic (exact) mass is 225 g/mol. The number of pyridine rings is 1. The van der Waals surface area contributed by atoms with E-state index in [4.69, 9.17) is 0 Å². The van der Waals surface area contributed by atoms with Crippen molar-refractivity contribution in [3.63, 3.8) is 0 Å². The normalized spacial score (nSPS) is 10.3. The van der Waals surface area contributed by atoms with Crippen LogP contribution in [0.5, 0.6) is 0 Å². The molecule has 0 radical (unpaired) electrons. The molecular formula is C15H15NO. The molecule has 0 unspecified atom stereocenters. The molecule has 86 valence electrons. The summed E-state index contributed by atoms with van der Waals surface area (Å²) >= 11 is 0. The SMILES string of the molecule is Cc1ccc(C(=O)c2ncc(C)cc2C)cc1. The van der Waals surface area contributed by atoms with E-state index in [1.807, 2.05) is 51.1 Å². The Labute approximate surface area is 101 Å². The number of hydrogen-bond donors (Lipinski definition) is 0. The fourth-order valence-corrected chi connectivity index (χ4v) is 1.79. The van der Waals surface area contributed by atoms with E-state index >= 15 is 0 Å². The minimum absolute atomic E-state index is 0.0116. The van der Waals surface area contributed by atoms with Gasteiger partial charge in [-0.1, -0.05) is 35.9 Å². The zero-order valence-corrected chi connectivity index (χ0v) is 10.3. The van der Waals surface area contributed by atoms with Gasteiger partial charge in [0.05, 0.1) is 0 Å². The van der Waals surface area contributed by atoms with Crippen LogP contribution in [-0.4, -0.2) is 10.8 Å². The summed E-state index contributed by atoms with van der Waals surface area (Å²) in [6.07, 6.45) is 1.73. The van der Waals surface area contributed by atoms with E-state index in [-0.39, 0.29) is 5.78 Å². The highest BCUT2D eigenvalue weighted by atomic mass is 16.1. The molecule has 0 saturated heterocycles. The van der Waals surface area contributed by atoms with Crippen LogP contribution in [0.25, 0.3) is 0 Å². The van der Waals surface area contributed by atoms with Crippen LogP contribution < -0.4 is 0 Å². The average Bonchev–Trinajstić information content (AvgIpc) is 2.29. The van der Waals surface area contributed by atoms with Gasteiger partial charge in [0.25, 0.3) is 0 Å². The second-order valence-electron chi connectivity index (χ2n) is 4.37. The average molecular weight is 225 g/mol. The van der Waals surface area contributed by atoms with Gasteiger partial charge >= 0.3 is 0 Å². The summed E-state index contributed by atoms with van der Waals surface area (Å²) in [5.74, 6) is -0.0116. The second kappa shape index (κ2) is 4.50. The predicted molar refractivity (Wildman–Crippen MR) is 68.3 cm³/mol. The number of aryl methyl sites for hydroxylation is 3. The number of carbonyl (C=O) groups excluding carboxylic acids is 1. The molecule has 0 spiro atoms. The van der Waals surface area contributed by atoms with Gasteiger partial charge < -0.3 is 0 Å². The molecule has 0 amide bonds. The number of rotatable bonds is 2. The van der Waals surface area contributed by atoms with Crippen molar-refractivity contribution >= 4 is 5.78 Å². The van der Waals surface area contributed by atoms with Crippen LogP contribution in [0.1, 0.15) is 32.7 Å². The maximum absolute atomic E-state index is 12.2. The smallest absolute Gasteiger partial charge is 0.211 e. The van der Waals surface area contributed by atoms with Crippen LogP contribution in [0.3, 0.4) is 0 Å². The van der Waals surface area contributed by atoms with Gasteiger partial charge in [0.2, 0.25) is 5.78 Å². The van der Waals surface area contributed by atoms with Gasteiger partial charge in [0, 0.05) is 11.8 Å². The van der Waals surface area contributed by atoms with E-state index in [2.05, 4.69) is 4.98 Å². The lowest BCUT2D eigenvalue weighted by molar-refractivity contribution is 0.103. The third kappa shape index (κ3) is 2.41. The highest BCUT2D eigenvalue weighted by molar-refractivity contribution is 6.08. The summed E-state index contributed by atoms with van der Waals surface area (Å²) in [6.45, 7) is 5.89. The molecule has 1 heterocycles. The Balaban J connectivity index is 2.40. The van der Waals surface area contributed by atoms with E-state index in [1.165, 1.54) is 0 Å². The molecule has 2 nitrogen and oxygen atoms in total. The number of hydrogen-bond acceptors (Lipinski definition) is 2. The Morgan fingerprint density at radius 3 is 2.24 bits per heavy atom. The first-order valence-corrected chi connectivity index (χ1v) is 5.62. The quantitative estimate of drug-likeness (QED) is 0.734. The Hall–Kier alpha value is -1.96. The third-order valence-electron chi connectivity index (χ3n) is 2.74. The first-order chi connectivity index (χ1) is 8.08. The van der Waals surface area contributed by atoms with Gasteiger partial charge in [-0.05, 0) is 31.9 Å². The van der Waals surface area contributed by atoms with Gasteiger partial charge in [-0.2, -0.15) is 0 Å². The lowest BCUT2D eigenvalue weighted by Gasteiger charge is -2.05. The topological polar surface area (TPSA) is 30.0 Å². The molecule has 0 aliphatic rings. The second-order valence-corrected chi connectivity index (χ2v) is 4.37. The van der Waals surface area contributed by atoms with Gasteiger partial charge in [0.1, 0.15) is 5.69 Å². The van der Waals surface area contributed by atoms with Gasteiger partial charge in [-0.25, -0.2) is 0 Å². The molecule has 2 heteroatoms. The third-order valence-corrected chi connectivity index (χ3v) is 2.74. The maximum atomic E-state index is 12.2. The predicted octanol–water partition coefficient (Wildman–Crippen LogP) is 3.24. The molecule has 0 aliphatic carbocycles. The van der Waals surface area contributed by atoms with Crippen LogP contribution in [-0.2, 0) is 0 Å². The number of ketones is 1. The first-order valence-electron chi connectivity index (χ1n) is 5.62. The minimum atomic E-state index is -0.0116. The zero-order valence-electron chi connectivity index (χ0n) is 10.3. The molecule has 2 aromatic rings. The van der Waals surface area contributed by atoms with Crippen LogP contribution >= 0.6 is 0 Å². The number of nitrogens with zero attached hydrogens (tertiary/aromatic N) is 1. The summed E-state index contributed by atoms with van der Waals surface area (Å²) in [4.78, 5) is 16.5. The van der Waals surface area contributed by atoms with Crippen LogP contribution in [0.15, 0.2) is 36.5 Å². The standard InChI is InChI=1S/C15H15NO/c1-10-4-6-13(7-5-10)15(17)14-12(3)8-11(2)9-16-14/h4-9H,1-3H3. The van der Waals surface area contributed by atoms with Crippen molar-refractivity contribution in [2.75, 3.05) is 0 Å². The molecule has 17 heavy (non-hydrogen) atoms. The number of aromatic nitrogens is 1. The highest BCUT2D eigenvalue weighted by Crippen LogP contribution is 2.13. The minimum Gasteiger partial charge on any atom is -0.287 e. The molecule has 1 aromatic heterocycles. The highest BCUT2D eigenvalue weighted by Gasteiger charge is 2.12. The molecule has 0 fully saturated rings. The van der Waals surface area contributed by atoms with Gasteiger partial charge in [-0.3, -0.25) is 9.78 Å². The molecule has 0 atom stereocenters. The molecule has 1 aromatic carbocycles.